The first-order valence-corrected chi connectivity index (χ1v) is 6.44. The van der Waals surface area contributed by atoms with Crippen molar-refractivity contribution < 1.29 is 0 Å². The van der Waals surface area contributed by atoms with E-state index in [0.717, 1.165) is 12.3 Å². The van der Waals surface area contributed by atoms with Crippen molar-refractivity contribution in [3.8, 4) is 0 Å². The first-order valence-electron chi connectivity index (χ1n) is 6.44. The molecule has 1 N–H and O–H groups in total. The molecule has 0 saturated heterocycles. The molecule has 1 fully saturated rings. The molecule has 0 radical (unpaired) electrons. The monoisotopic (exact) mass is 221 g/mol. The van der Waals surface area contributed by atoms with E-state index >= 15 is 0 Å². The van der Waals surface area contributed by atoms with Crippen LogP contribution in [0.4, 0.5) is 0 Å². The molecular formula is C13H23N3. The summed E-state index contributed by atoms with van der Waals surface area (Å²) < 4.78 is 1.94. The van der Waals surface area contributed by atoms with Crippen LogP contribution in [0.5, 0.6) is 0 Å². The number of hydrogen-bond acceptors (Lipinski definition) is 2. The fourth-order valence-corrected chi connectivity index (χ4v) is 2.38. The molecule has 1 aromatic heterocycles. The largest absolute Gasteiger partial charge is 0.313 e. The first-order chi connectivity index (χ1) is 7.74. The van der Waals surface area contributed by atoms with Crippen molar-refractivity contribution in [3.63, 3.8) is 0 Å². The highest BCUT2D eigenvalue weighted by Gasteiger charge is 2.24. The van der Waals surface area contributed by atoms with Crippen LogP contribution in [-0.4, -0.2) is 16.8 Å². The van der Waals surface area contributed by atoms with Crippen molar-refractivity contribution in [1.82, 2.24) is 15.1 Å². The van der Waals surface area contributed by atoms with Gasteiger partial charge < -0.3 is 5.32 Å². The van der Waals surface area contributed by atoms with Gasteiger partial charge in [-0.2, -0.15) is 5.10 Å². The van der Waals surface area contributed by atoms with Gasteiger partial charge in [0.15, 0.2) is 0 Å². The average Bonchev–Trinajstić information content (AvgIpc) is 3.02. The second kappa shape index (κ2) is 5.00. The van der Waals surface area contributed by atoms with E-state index in [-0.39, 0.29) is 0 Å². The minimum absolute atomic E-state index is 0.490. The van der Waals surface area contributed by atoms with Gasteiger partial charge in [0.1, 0.15) is 0 Å². The molecule has 1 atom stereocenters. The summed E-state index contributed by atoms with van der Waals surface area (Å²) in [5.41, 5.74) is 2.64. The van der Waals surface area contributed by atoms with Crippen LogP contribution in [0.3, 0.4) is 0 Å². The number of rotatable bonds is 6. The molecule has 1 aliphatic carbocycles. The quantitative estimate of drug-likeness (QED) is 0.799. The van der Waals surface area contributed by atoms with E-state index in [9.17, 15) is 0 Å². The zero-order valence-corrected chi connectivity index (χ0v) is 10.7. The van der Waals surface area contributed by atoms with Crippen molar-refractivity contribution in [1.29, 1.82) is 0 Å². The van der Waals surface area contributed by atoms with Gasteiger partial charge in [0.25, 0.3) is 0 Å². The number of hydrogen-bond donors (Lipinski definition) is 1. The highest BCUT2D eigenvalue weighted by Crippen LogP contribution is 2.36. The summed E-state index contributed by atoms with van der Waals surface area (Å²) in [6.45, 7) is 2.18. The SMILES string of the molecule is CCc1nn(C)cc1C(CCC1CC1)NC. The number of nitrogens with one attached hydrogen (secondary N) is 1. The van der Waals surface area contributed by atoms with Crippen LogP contribution in [0.15, 0.2) is 6.20 Å². The first kappa shape index (κ1) is 11.6. The molecule has 2 rings (SSSR count). The molecule has 1 aromatic rings. The Balaban J connectivity index is 2.04. The van der Waals surface area contributed by atoms with Crippen molar-refractivity contribution in [2.24, 2.45) is 13.0 Å². The number of nitrogens with zero attached hydrogens (tertiary/aromatic N) is 2. The topological polar surface area (TPSA) is 29.9 Å². The average molecular weight is 221 g/mol. The minimum atomic E-state index is 0.490. The van der Waals surface area contributed by atoms with Gasteiger partial charge in [0.05, 0.1) is 5.69 Å². The maximum absolute atomic E-state index is 4.52. The third-order valence-corrected chi connectivity index (χ3v) is 3.56. The van der Waals surface area contributed by atoms with Crippen LogP contribution in [0.2, 0.25) is 0 Å². The summed E-state index contributed by atoms with van der Waals surface area (Å²) in [5, 5.41) is 7.95. The van der Waals surface area contributed by atoms with Crippen LogP contribution in [0.1, 0.15) is 49.9 Å². The normalized spacial score (nSPS) is 17.7. The lowest BCUT2D eigenvalue weighted by Crippen LogP contribution is -2.17. The van der Waals surface area contributed by atoms with Gasteiger partial charge >= 0.3 is 0 Å². The van der Waals surface area contributed by atoms with Gasteiger partial charge in [-0.25, -0.2) is 0 Å². The Bertz CT molecular complexity index is 339. The molecule has 0 spiro atoms. The molecule has 1 unspecified atom stereocenters. The van der Waals surface area contributed by atoms with Crippen LogP contribution in [0.25, 0.3) is 0 Å². The second-order valence-electron chi connectivity index (χ2n) is 4.92. The van der Waals surface area contributed by atoms with E-state index in [0.29, 0.717) is 6.04 Å². The van der Waals surface area contributed by atoms with Gasteiger partial charge in [-0.05, 0) is 32.2 Å². The molecule has 16 heavy (non-hydrogen) atoms. The van der Waals surface area contributed by atoms with E-state index in [4.69, 9.17) is 0 Å². The third kappa shape index (κ3) is 2.64. The Kier molecular flexibility index (Phi) is 3.64. The van der Waals surface area contributed by atoms with Crippen LogP contribution >= 0.6 is 0 Å². The molecule has 0 aliphatic heterocycles. The van der Waals surface area contributed by atoms with E-state index in [1.165, 1.54) is 36.9 Å². The van der Waals surface area contributed by atoms with Gasteiger partial charge in [0.2, 0.25) is 0 Å². The lowest BCUT2D eigenvalue weighted by molar-refractivity contribution is 0.503. The zero-order valence-electron chi connectivity index (χ0n) is 10.7. The van der Waals surface area contributed by atoms with Crippen molar-refractivity contribution in [3.05, 3.63) is 17.5 Å². The fraction of sp³-hybridized carbons (Fsp3) is 0.769. The van der Waals surface area contributed by atoms with Gasteiger partial charge in [-0.15, -0.1) is 0 Å². The minimum Gasteiger partial charge on any atom is -0.313 e. The Morgan fingerprint density at radius 3 is 2.88 bits per heavy atom. The maximum Gasteiger partial charge on any atom is 0.0669 e. The number of aromatic nitrogens is 2. The van der Waals surface area contributed by atoms with E-state index < -0.39 is 0 Å². The lowest BCUT2D eigenvalue weighted by Gasteiger charge is -2.15. The molecule has 1 heterocycles. The Labute approximate surface area is 98.2 Å². The van der Waals surface area contributed by atoms with Gasteiger partial charge in [-0.1, -0.05) is 19.8 Å². The number of aryl methyl sites for hydroxylation is 2. The molecule has 0 bridgehead atoms. The molecule has 0 amide bonds. The smallest absolute Gasteiger partial charge is 0.0669 e. The Morgan fingerprint density at radius 2 is 2.31 bits per heavy atom. The summed E-state index contributed by atoms with van der Waals surface area (Å²) in [6.07, 6.45) is 8.71. The Hall–Kier alpha value is -0.830. The standard InChI is InChI=1S/C13H23N3/c1-4-12-11(9-16(3)15-12)13(14-2)8-7-10-5-6-10/h9-10,13-14H,4-8H2,1-3H3. The van der Waals surface area contributed by atoms with Crippen LogP contribution < -0.4 is 5.32 Å². The lowest BCUT2D eigenvalue weighted by atomic mass is 10.0. The van der Waals surface area contributed by atoms with Crippen molar-refractivity contribution >= 4 is 0 Å². The maximum atomic E-state index is 4.52. The molecule has 3 heteroatoms. The molecule has 3 nitrogen and oxygen atoms in total. The summed E-state index contributed by atoms with van der Waals surface area (Å²) >= 11 is 0. The predicted molar refractivity (Wildman–Crippen MR) is 66.3 cm³/mol. The second-order valence-corrected chi connectivity index (χ2v) is 4.92. The molecule has 90 valence electrons. The van der Waals surface area contributed by atoms with Crippen LogP contribution in [-0.2, 0) is 13.5 Å². The van der Waals surface area contributed by atoms with E-state index in [1.807, 2.05) is 11.7 Å². The predicted octanol–water partition coefficient (Wildman–Crippen LogP) is 2.43. The van der Waals surface area contributed by atoms with Gasteiger partial charge in [0, 0.05) is 24.8 Å². The summed E-state index contributed by atoms with van der Waals surface area (Å²) in [6, 6.07) is 0.490. The van der Waals surface area contributed by atoms with Gasteiger partial charge in [-0.3, -0.25) is 4.68 Å². The highest BCUT2D eigenvalue weighted by molar-refractivity contribution is 5.21. The summed E-state index contributed by atoms with van der Waals surface area (Å²) in [4.78, 5) is 0. The van der Waals surface area contributed by atoms with Crippen LogP contribution in [0, 0.1) is 5.92 Å². The van der Waals surface area contributed by atoms with E-state index in [2.05, 4.69) is 30.6 Å². The molecule has 0 aromatic carbocycles. The third-order valence-electron chi connectivity index (χ3n) is 3.56. The molecule has 1 aliphatic rings. The molecular weight excluding hydrogens is 198 g/mol. The van der Waals surface area contributed by atoms with E-state index in [1.54, 1.807) is 0 Å². The Morgan fingerprint density at radius 1 is 1.56 bits per heavy atom. The van der Waals surface area contributed by atoms with Crippen molar-refractivity contribution in [2.45, 2.75) is 45.1 Å². The fourth-order valence-electron chi connectivity index (χ4n) is 2.38. The zero-order chi connectivity index (χ0) is 11.5. The summed E-state index contributed by atoms with van der Waals surface area (Å²) in [5.74, 6) is 1.01. The molecule has 1 saturated carbocycles. The van der Waals surface area contributed by atoms with Crippen molar-refractivity contribution in [2.75, 3.05) is 7.05 Å². The summed E-state index contributed by atoms with van der Waals surface area (Å²) in [7, 11) is 4.07. The highest BCUT2D eigenvalue weighted by atomic mass is 15.3.